The maximum atomic E-state index is 2.81. The molecule has 5 rings (SSSR count). The summed E-state index contributed by atoms with van der Waals surface area (Å²) in [7, 11) is 0. The highest BCUT2D eigenvalue weighted by Crippen LogP contribution is 2.78. The Hall–Kier alpha value is 0. The number of rotatable bonds is 1. The quantitative estimate of drug-likeness (QED) is 0.402. The molecule has 0 heterocycles. The van der Waals surface area contributed by atoms with Gasteiger partial charge in [0.2, 0.25) is 0 Å². The van der Waals surface area contributed by atoms with Gasteiger partial charge in [-0.25, -0.2) is 0 Å². The van der Waals surface area contributed by atoms with Crippen LogP contribution in [-0.2, 0) is 0 Å². The Morgan fingerprint density at radius 2 is 1.17 bits per heavy atom. The highest BCUT2D eigenvalue weighted by atomic mass is 14.7. The van der Waals surface area contributed by atoms with Gasteiger partial charge >= 0.3 is 0 Å². The van der Waals surface area contributed by atoms with E-state index >= 15 is 0 Å². The molecule has 0 aromatic carbocycles. The number of hydrogen-bond donors (Lipinski definition) is 0. The molecule has 0 aliphatic heterocycles. The maximum Gasteiger partial charge on any atom is -0.0235 e. The molecule has 0 radical (unpaired) electrons. The predicted octanol–water partition coefficient (Wildman–Crippen LogP) is 9.13. The van der Waals surface area contributed by atoms with Gasteiger partial charge in [-0.1, -0.05) is 61.8 Å². The van der Waals surface area contributed by atoms with Crippen molar-refractivity contribution in [1.29, 1.82) is 0 Å². The monoisotopic (exact) mass is 412 g/mol. The highest BCUT2D eigenvalue weighted by Gasteiger charge is 2.70. The number of hydrogen-bond acceptors (Lipinski definition) is 0. The van der Waals surface area contributed by atoms with E-state index in [1.165, 1.54) is 70.6 Å². The van der Waals surface area contributed by atoms with Crippen molar-refractivity contribution in [2.24, 2.45) is 62.6 Å². The number of fused-ring (bicyclic) bond motifs is 7. The summed E-state index contributed by atoms with van der Waals surface area (Å²) in [5.41, 5.74) is 2.92. The second kappa shape index (κ2) is 6.53. The summed E-state index contributed by atoms with van der Waals surface area (Å²) >= 11 is 0. The summed E-state index contributed by atoms with van der Waals surface area (Å²) in [6, 6.07) is 0. The Kier molecular flexibility index (Phi) is 4.75. The van der Waals surface area contributed by atoms with Crippen LogP contribution in [0.15, 0.2) is 0 Å². The van der Waals surface area contributed by atoms with Crippen molar-refractivity contribution in [1.82, 2.24) is 0 Å². The van der Waals surface area contributed by atoms with Gasteiger partial charge in [-0.2, -0.15) is 0 Å². The van der Waals surface area contributed by atoms with Gasteiger partial charge in [0.05, 0.1) is 0 Å². The molecule has 5 aliphatic carbocycles. The normalized spacial score (nSPS) is 57.3. The smallest absolute Gasteiger partial charge is 0.0235 e. The third kappa shape index (κ3) is 2.52. The van der Waals surface area contributed by atoms with Crippen molar-refractivity contribution >= 4 is 0 Å². The van der Waals surface area contributed by atoms with Crippen LogP contribution >= 0.6 is 0 Å². The van der Waals surface area contributed by atoms with Crippen LogP contribution < -0.4 is 0 Å². The van der Waals surface area contributed by atoms with Gasteiger partial charge in [-0.15, -0.1) is 0 Å². The molecule has 9 atom stereocenters. The first-order valence-electron chi connectivity index (χ1n) is 13.9. The summed E-state index contributed by atoms with van der Waals surface area (Å²) in [6.07, 6.45) is 16.6. The zero-order chi connectivity index (χ0) is 21.7. The molecule has 0 nitrogen and oxygen atoms in total. The first-order chi connectivity index (χ1) is 13.9. The molecule has 0 aromatic rings. The fraction of sp³-hybridized carbons (Fsp3) is 1.00. The molecule has 5 aliphatic rings. The van der Waals surface area contributed by atoms with E-state index in [9.17, 15) is 0 Å². The molecule has 0 unspecified atom stereocenters. The minimum atomic E-state index is 0.561. The van der Waals surface area contributed by atoms with E-state index < -0.39 is 0 Å². The molecule has 0 saturated heterocycles. The molecule has 0 bridgehead atoms. The third-order valence-electron chi connectivity index (χ3n) is 13.6. The van der Waals surface area contributed by atoms with Gasteiger partial charge in [0.15, 0.2) is 0 Å². The maximum absolute atomic E-state index is 2.81. The average molecular weight is 413 g/mol. The SMILES string of the molecule is CC(C)[C@@H]1CC[C@@]2(C)[C@@H]1CC[C@]1(C)[C@@H]2CC[C@@H]2[C@@]3(C)CCCC(C)(C)[C@@H]3CC[C@]21C. The van der Waals surface area contributed by atoms with E-state index in [0.717, 1.165) is 35.5 Å². The van der Waals surface area contributed by atoms with Gasteiger partial charge in [0.25, 0.3) is 0 Å². The van der Waals surface area contributed by atoms with Crippen LogP contribution in [0.3, 0.4) is 0 Å². The minimum absolute atomic E-state index is 0.561. The molecule has 5 saturated carbocycles. The second-order valence-corrected chi connectivity index (χ2v) is 15.1. The lowest BCUT2D eigenvalue weighted by Crippen LogP contribution is -2.65. The van der Waals surface area contributed by atoms with Gasteiger partial charge in [-0.05, 0) is 127 Å². The summed E-state index contributed by atoms with van der Waals surface area (Å²) in [6.45, 7) is 21.4. The summed E-state index contributed by atoms with van der Waals surface area (Å²) < 4.78 is 0. The summed E-state index contributed by atoms with van der Waals surface area (Å²) in [5, 5.41) is 0. The molecular formula is C30H52. The molecule has 0 N–H and O–H groups in total. The van der Waals surface area contributed by atoms with Crippen LogP contribution in [-0.4, -0.2) is 0 Å². The van der Waals surface area contributed by atoms with Crippen LogP contribution in [0, 0.1) is 62.6 Å². The van der Waals surface area contributed by atoms with Gasteiger partial charge < -0.3 is 0 Å². The molecule has 0 heteroatoms. The Labute approximate surface area is 188 Å². The average Bonchev–Trinajstić information content (AvgIpc) is 2.99. The standard InChI is InChI=1S/C30H52/c1-20(2)21-12-17-27(5)22(21)13-18-29(7)24(27)10-11-25-28(6)16-9-15-26(3,4)23(28)14-19-30(25,29)8/h20-25H,9-19H2,1-8H3/t21-,22+,23-,24+,25+,27-,28-,29+,30+/m0/s1. The zero-order valence-electron chi connectivity index (χ0n) is 21.7. The Bertz CT molecular complexity index is 688. The van der Waals surface area contributed by atoms with Crippen molar-refractivity contribution in [2.45, 2.75) is 126 Å². The van der Waals surface area contributed by atoms with Crippen molar-refractivity contribution in [3.63, 3.8) is 0 Å². The van der Waals surface area contributed by atoms with Crippen LogP contribution in [0.1, 0.15) is 126 Å². The molecule has 30 heavy (non-hydrogen) atoms. The van der Waals surface area contributed by atoms with Crippen LogP contribution in [0.4, 0.5) is 0 Å². The molecule has 172 valence electrons. The van der Waals surface area contributed by atoms with Gasteiger partial charge in [0, 0.05) is 0 Å². The van der Waals surface area contributed by atoms with Crippen molar-refractivity contribution < 1.29 is 0 Å². The van der Waals surface area contributed by atoms with E-state index in [0.29, 0.717) is 27.1 Å². The molecular weight excluding hydrogens is 360 g/mol. The van der Waals surface area contributed by atoms with Crippen LogP contribution in [0.2, 0.25) is 0 Å². The van der Waals surface area contributed by atoms with E-state index in [1.807, 2.05) is 0 Å². The minimum Gasteiger partial charge on any atom is -0.0625 e. The highest BCUT2D eigenvalue weighted by molar-refractivity contribution is 5.18. The van der Waals surface area contributed by atoms with Crippen molar-refractivity contribution in [3.8, 4) is 0 Å². The fourth-order valence-electron chi connectivity index (χ4n) is 12.1. The Morgan fingerprint density at radius 1 is 0.567 bits per heavy atom. The fourth-order valence-corrected chi connectivity index (χ4v) is 12.1. The Morgan fingerprint density at radius 3 is 1.80 bits per heavy atom. The van der Waals surface area contributed by atoms with Crippen LogP contribution in [0.5, 0.6) is 0 Å². The topological polar surface area (TPSA) is 0 Å². The molecule has 0 amide bonds. The lowest BCUT2D eigenvalue weighted by molar-refractivity contribution is -0.241. The van der Waals surface area contributed by atoms with E-state index in [4.69, 9.17) is 0 Å². The van der Waals surface area contributed by atoms with E-state index in [-0.39, 0.29) is 0 Å². The lowest BCUT2D eigenvalue weighted by Gasteiger charge is -2.73. The van der Waals surface area contributed by atoms with Crippen molar-refractivity contribution in [3.05, 3.63) is 0 Å². The van der Waals surface area contributed by atoms with Gasteiger partial charge in [0.1, 0.15) is 0 Å². The van der Waals surface area contributed by atoms with E-state index in [2.05, 4.69) is 55.4 Å². The van der Waals surface area contributed by atoms with E-state index in [1.54, 1.807) is 0 Å². The first-order valence-corrected chi connectivity index (χ1v) is 13.9. The Balaban J connectivity index is 1.52. The van der Waals surface area contributed by atoms with Gasteiger partial charge in [-0.3, -0.25) is 0 Å². The molecule has 0 spiro atoms. The summed E-state index contributed by atoms with van der Waals surface area (Å²) in [4.78, 5) is 0. The van der Waals surface area contributed by atoms with Crippen LogP contribution in [0.25, 0.3) is 0 Å². The summed E-state index contributed by atoms with van der Waals surface area (Å²) in [5.74, 6) is 5.79. The molecule has 5 fully saturated rings. The zero-order valence-corrected chi connectivity index (χ0v) is 21.7. The first kappa shape index (κ1) is 21.8. The molecule has 0 aromatic heterocycles. The predicted molar refractivity (Wildman–Crippen MR) is 129 cm³/mol. The third-order valence-corrected chi connectivity index (χ3v) is 13.6. The lowest BCUT2D eigenvalue weighted by atomic mass is 9.32. The van der Waals surface area contributed by atoms with Crippen molar-refractivity contribution in [2.75, 3.05) is 0 Å². The largest absolute Gasteiger partial charge is 0.0625 e. The second-order valence-electron chi connectivity index (χ2n) is 15.1.